The molecule has 0 atom stereocenters. The van der Waals surface area contributed by atoms with Gasteiger partial charge in [0.05, 0.1) is 22.7 Å². The number of alkyl halides is 3. The van der Waals surface area contributed by atoms with Crippen LogP contribution in [0.25, 0.3) is 32.2 Å². The molecule has 0 fully saturated rings. The second-order valence-corrected chi connectivity index (χ2v) is 12.5. The predicted molar refractivity (Wildman–Crippen MR) is 155 cm³/mol. The van der Waals surface area contributed by atoms with Crippen molar-refractivity contribution in [3.63, 3.8) is 0 Å². The summed E-state index contributed by atoms with van der Waals surface area (Å²) in [6.07, 6.45) is -4.94. The van der Waals surface area contributed by atoms with E-state index >= 15 is 0 Å². The van der Waals surface area contributed by atoms with E-state index in [0.29, 0.717) is 22.3 Å². The second-order valence-electron chi connectivity index (χ2n) is 9.59. The molecule has 4 aromatic carbocycles. The molecule has 0 radical (unpaired) electrons. The monoisotopic (exact) mass is 594 g/mol. The fourth-order valence-corrected chi connectivity index (χ4v) is 7.93. The number of sulfonamides is 1. The summed E-state index contributed by atoms with van der Waals surface area (Å²) in [5.41, 5.74) is 1.65. The molecule has 6 aromatic rings. The minimum atomic E-state index is -4.94. The molecule has 208 valence electrons. The number of fused-ring (bicyclic) bond motifs is 2. The Bertz CT molecular complexity index is 2010. The number of benzene rings is 4. The van der Waals surface area contributed by atoms with Crippen molar-refractivity contribution >= 4 is 47.4 Å². The summed E-state index contributed by atoms with van der Waals surface area (Å²) in [4.78, 5) is 3.41. The van der Waals surface area contributed by atoms with Gasteiger partial charge in [-0.25, -0.2) is 12.8 Å². The number of rotatable bonds is 6. The van der Waals surface area contributed by atoms with Gasteiger partial charge in [0.15, 0.2) is 0 Å². The van der Waals surface area contributed by atoms with Gasteiger partial charge < -0.3 is 4.98 Å². The number of hydrogen-bond donors (Lipinski definition) is 1. The third-order valence-corrected chi connectivity index (χ3v) is 10.1. The van der Waals surface area contributed by atoms with Gasteiger partial charge in [-0.2, -0.15) is 13.2 Å². The van der Waals surface area contributed by atoms with E-state index in [0.717, 1.165) is 36.9 Å². The molecular weight excluding hydrogens is 572 g/mol. The summed E-state index contributed by atoms with van der Waals surface area (Å²) in [7, 11) is -4.28. The Morgan fingerprint density at radius 3 is 2.22 bits per heavy atom. The van der Waals surface area contributed by atoms with E-state index < -0.39 is 34.1 Å². The molecule has 0 spiro atoms. The lowest BCUT2D eigenvalue weighted by Gasteiger charge is -2.25. The maximum absolute atomic E-state index is 14.2. The Hall–Kier alpha value is -4.15. The van der Waals surface area contributed by atoms with Crippen LogP contribution in [0.2, 0.25) is 0 Å². The molecule has 0 bridgehead atoms. The zero-order valence-corrected chi connectivity index (χ0v) is 23.2. The van der Waals surface area contributed by atoms with Crippen molar-refractivity contribution in [2.45, 2.75) is 24.5 Å². The highest BCUT2D eigenvalue weighted by atomic mass is 32.2. The molecule has 4 nitrogen and oxygen atoms in total. The molecular formula is C31H22F4N2O2S2. The molecule has 2 heterocycles. The van der Waals surface area contributed by atoms with Gasteiger partial charge in [-0.3, -0.25) is 4.31 Å². The van der Waals surface area contributed by atoms with Crippen LogP contribution in [0.1, 0.15) is 16.7 Å². The van der Waals surface area contributed by atoms with Gasteiger partial charge >= 0.3 is 6.18 Å². The van der Waals surface area contributed by atoms with E-state index in [1.165, 1.54) is 29.5 Å². The SMILES string of the molecule is Cc1c(-c2c(N(Cc3ccc(F)c(C(F)(F)F)c3)S(=O)(=O)c3ccccc3)sc3ccccc23)[nH]c2ccccc12. The first-order valence-electron chi connectivity index (χ1n) is 12.6. The van der Waals surface area contributed by atoms with Crippen molar-refractivity contribution in [1.29, 1.82) is 0 Å². The first-order valence-corrected chi connectivity index (χ1v) is 14.8. The lowest BCUT2D eigenvalue weighted by molar-refractivity contribution is -0.140. The van der Waals surface area contributed by atoms with Crippen LogP contribution in [0.4, 0.5) is 22.6 Å². The fourth-order valence-electron chi connectivity index (χ4n) is 5.02. The van der Waals surface area contributed by atoms with Crippen molar-refractivity contribution in [1.82, 2.24) is 4.98 Å². The highest BCUT2D eigenvalue weighted by molar-refractivity contribution is 7.93. The van der Waals surface area contributed by atoms with Gasteiger partial charge in [0.25, 0.3) is 10.0 Å². The number of halogens is 4. The Morgan fingerprint density at radius 2 is 1.51 bits per heavy atom. The molecule has 1 N–H and O–H groups in total. The summed E-state index contributed by atoms with van der Waals surface area (Å²) >= 11 is 1.23. The Morgan fingerprint density at radius 1 is 0.854 bits per heavy atom. The maximum Gasteiger partial charge on any atom is 0.419 e. The molecule has 0 aliphatic rings. The van der Waals surface area contributed by atoms with Gasteiger partial charge in [-0.05, 0) is 54.4 Å². The Kier molecular flexibility index (Phi) is 6.62. The van der Waals surface area contributed by atoms with Gasteiger partial charge in [-0.15, -0.1) is 11.3 Å². The van der Waals surface area contributed by atoms with Gasteiger partial charge in [0.2, 0.25) is 0 Å². The predicted octanol–water partition coefficient (Wildman–Crippen LogP) is 8.91. The van der Waals surface area contributed by atoms with Crippen LogP contribution in [-0.4, -0.2) is 13.4 Å². The zero-order chi connectivity index (χ0) is 28.9. The molecule has 0 aliphatic heterocycles. The van der Waals surface area contributed by atoms with Crippen molar-refractivity contribution in [3.05, 3.63) is 120 Å². The van der Waals surface area contributed by atoms with Crippen LogP contribution in [0, 0.1) is 12.7 Å². The molecule has 0 saturated heterocycles. The molecule has 0 unspecified atom stereocenters. The average Bonchev–Trinajstić information content (AvgIpc) is 3.49. The van der Waals surface area contributed by atoms with Crippen LogP contribution >= 0.6 is 11.3 Å². The van der Waals surface area contributed by atoms with E-state index in [9.17, 15) is 26.0 Å². The first kappa shape index (κ1) is 27.0. The van der Waals surface area contributed by atoms with Crippen LogP contribution in [0.3, 0.4) is 0 Å². The van der Waals surface area contributed by atoms with E-state index in [4.69, 9.17) is 0 Å². The average molecular weight is 595 g/mol. The van der Waals surface area contributed by atoms with Gasteiger partial charge in [0, 0.05) is 26.6 Å². The number of anilines is 1. The summed E-state index contributed by atoms with van der Waals surface area (Å²) in [6.45, 7) is 1.50. The minimum Gasteiger partial charge on any atom is -0.354 e. The summed E-state index contributed by atoms with van der Waals surface area (Å²) < 4.78 is 85.3. The van der Waals surface area contributed by atoms with Crippen molar-refractivity contribution in [2.75, 3.05) is 4.31 Å². The quantitative estimate of drug-likeness (QED) is 0.196. The molecule has 41 heavy (non-hydrogen) atoms. The third-order valence-electron chi connectivity index (χ3n) is 7.01. The number of nitrogens with one attached hydrogen (secondary N) is 1. The van der Waals surface area contributed by atoms with Crippen LogP contribution in [0.15, 0.2) is 102 Å². The number of aromatic amines is 1. The smallest absolute Gasteiger partial charge is 0.354 e. The van der Waals surface area contributed by atoms with Crippen LogP contribution in [0.5, 0.6) is 0 Å². The number of aryl methyl sites for hydroxylation is 1. The van der Waals surface area contributed by atoms with E-state index in [1.807, 2.05) is 55.5 Å². The number of nitrogens with zero attached hydrogens (tertiary/aromatic N) is 1. The zero-order valence-electron chi connectivity index (χ0n) is 21.5. The summed E-state index contributed by atoms with van der Waals surface area (Å²) in [5.74, 6) is -1.42. The van der Waals surface area contributed by atoms with E-state index in [2.05, 4.69) is 4.98 Å². The lowest BCUT2D eigenvalue weighted by Crippen LogP contribution is -2.30. The molecule has 0 aliphatic carbocycles. The first-order chi connectivity index (χ1) is 19.6. The Labute approximate surface area is 237 Å². The number of thiophene rings is 1. The number of H-pyrrole nitrogens is 1. The Balaban J connectivity index is 1.63. The van der Waals surface area contributed by atoms with E-state index in [1.54, 1.807) is 18.2 Å². The standard InChI is InChI=1S/C31H22F4N2O2S2/c1-19-22-11-5-7-13-26(22)36-29(19)28-23-12-6-8-14-27(23)40-30(28)37(41(38,39)21-9-3-2-4-10-21)18-20-15-16-25(32)24(17-20)31(33,34)35/h2-17,36H,18H2,1H3. The molecule has 0 amide bonds. The van der Waals surface area contributed by atoms with Gasteiger partial charge in [-0.1, -0.05) is 60.7 Å². The minimum absolute atomic E-state index is 0.00462. The summed E-state index contributed by atoms with van der Waals surface area (Å²) in [6, 6.07) is 25.5. The normalized spacial score (nSPS) is 12.3. The largest absolute Gasteiger partial charge is 0.419 e. The molecule has 10 heteroatoms. The maximum atomic E-state index is 14.2. The lowest BCUT2D eigenvalue weighted by atomic mass is 10.0. The topological polar surface area (TPSA) is 53.2 Å². The number of para-hydroxylation sites is 1. The second kappa shape index (κ2) is 10.0. The number of hydrogen-bond acceptors (Lipinski definition) is 3. The summed E-state index contributed by atoms with van der Waals surface area (Å²) in [5, 5.41) is 2.10. The van der Waals surface area contributed by atoms with Crippen LogP contribution < -0.4 is 4.31 Å². The van der Waals surface area contributed by atoms with Crippen molar-refractivity contribution in [2.24, 2.45) is 0 Å². The number of aromatic nitrogens is 1. The van der Waals surface area contributed by atoms with Crippen molar-refractivity contribution < 1.29 is 26.0 Å². The fraction of sp³-hybridized carbons (Fsp3) is 0.0968. The molecule has 0 saturated carbocycles. The van der Waals surface area contributed by atoms with Gasteiger partial charge in [0.1, 0.15) is 10.8 Å². The van der Waals surface area contributed by atoms with Crippen molar-refractivity contribution in [3.8, 4) is 11.3 Å². The highest BCUT2D eigenvalue weighted by Gasteiger charge is 2.36. The van der Waals surface area contributed by atoms with E-state index in [-0.39, 0.29) is 10.5 Å². The third kappa shape index (κ3) is 4.76. The molecule has 6 rings (SSSR count). The molecule has 2 aromatic heterocycles. The van der Waals surface area contributed by atoms with Crippen LogP contribution in [-0.2, 0) is 22.7 Å². The highest BCUT2D eigenvalue weighted by Crippen LogP contribution is 2.48.